The van der Waals surface area contributed by atoms with E-state index in [2.05, 4.69) is 9.80 Å². The Morgan fingerprint density at radius 2 is 1.32 bits per heavy atom. The zero-order valence-electron chi connectivity index (χ0n) is 12.9. The van der Waals surface area contributed by atoms with Gasteiger partial charge >= 0.3 is 11.9 Å². The quantitative estimate of drug-likeness (QED) is 0.687. The molecule has 8 heteroatoms. The molecule has 0 unspecified atom stereocenters. The number of thioether (sulfide) groups is 2. The van der Waals surface area contributed by atoms with Gasteiger partial charge in [-0.1, -0.05) is 0 Å². The standard InChI is InChI=1S/C14H22N2O4S2/c1-3-19-13(17)9-7-21-11-12-16(6-5-15(9)11)10(8-22-12)14(18)20-4-2/h9-12H,3-8H2,1-2H3/t9-,10-,11+,12+/m0/s1. The molecule has 6 nitrogen and oxygen atoms in total. The Bertz CT molecular complexity index is 411. The maximum absolute atomic E-state index is 12.1. The predicted molar refractivity (Wildman–Crippen MR) is 86.7 cm³/mol. The third-order valence-corrected chi connectivity index (χ3v) is 7.21. The van der Waals surface area contributed by atoms with E-state index in [9.17, 15) is 9.59 Å². The molecule has 124 valence electrons. The highest BCUT2D eigenvalue weighted by Gasteiger charge is 2.52. The number of esters is 2. The second-order valence-electron chi connectivity index (χ2n) is 5.46. The second kappa shape index (κ2) is 6.98. The van der Waals surface area contributed by atoms with Crippen LogP contribution >= 0.6 is 23.5 Å². The minimum Gasteiger partial charge on any atom is -0.465 e. The van der Waals surface area contributed by atoms with Crippen LogP contribution in [-0.2, 0) is 19.1 Å². The van der Waals surface area contributed by atoms with Crippen molar-refractivity contribution in [2.24, 2.45) is 0 Å². The lowest BCUT2D eigenvalue weighted by Gasteiger charge is -2.42. The number of carbonyl (C=O) groups is 2. The molecule has 3 heterocycles. The van der Waals surface area contributed by atoms with E-state index in [4.69, 9.17) is 9.47 Å². The molecule has 4 atom stereocenters. The SMILES string of the molecule is CCOC(=O)[C@@H]1CS[C@@H]2[C@H]3SC[C@@H](C(=O)OCC)N3CCN21. The molecule has 3 saturated heterocycles. The number of nitrogens with zero attached hydrogens (tertiary/aromatic N) is 2. The molecule has 0 amide bonds. The number of ether oxygens (including phenoxy) is 2. The summed E-state index contributed by atoms with van der Waals surface area (Å²) in [4.78, 5) is 28.7. The van der Waals surface area contributed by atoms with Crippen molar-refractivity contribution in [3.63, 3.8) is 0 Å². The minimum atomic E-state index is -0.139. The molecule has 0 aromatic carbocycles. The van der Waals surface area contributed by atoms with E-state index in [1.54, 1.807) is 23.5 Å². The minimum absolute atomic E-state index is 0.115. The van der Waals surface area contributed by atoms with Gasteiger partial charge in [-0.3, -0.25) is 19.4 Å². The molecule has 0 aliphatic carbocycles. The number of hydrogen-bond acceptors (Lipinski definition) is 8. The fraction of sp³-hybridized carbons (Fsp3) is 0.857. The van der Waals surface area contributed by atoms with Gasteiger partial charge < -0.3 is 9.47 Å². The first-order chi connectivity index (χ1) is 10.7. The molecule has 0 N–H and O–H groups in total. The highest BCUT2D eigenvalue weighted by atomic mass is 32.2. The molecule has 3 aliphatic heterocycles. The van der Waals surface area contributed by atoms with E-state index in [-0.39, 0.29) is 34.8 Å². The van der Waals surface area contributed by atoms with Crippen molar-refractivity contribution in [2.45, 2.75) is 36.7 Å². The third kappa shape index (κ3) is 2.86. The van der Waals surface area contributed by atoms with Gasteiger partial charge in [0.1, 0.15) is 12.1 Å². The molecule has 3 fully saturated rings. The average Bonchev–Trinajstić information content (AvgIpc) is 3.11. The van der Waals surface area contributed by atoms with Gasteiger partial charge in [-0.05, 0) is 13.8 Å². The van der Waals surface area contributed by atoms with Gasteiger partial charge in [-0.25, -0.2) is 0 Å². The van der Waals surface area contributed by atoms with E-state index >= 15 is 0 Å². The first-order valence-electron chi connectivity index (χ1n) is 7.75. The monoisotopic (exact) mass is 346 g/mol. The maximum Gasteiger partial charge on any atom is 0.324 e. The fourth-order valence-electron chi connectivity index (χ4n) is 3.29. The van der Waals surface area contributed by atoms with E-state index in [1.165, 1.54) is 0 Å². The summed E-state index contributed by atoms with van der Waals surface area (Å²) in [5.74, 6) is 1.32. The van der Waals surface area contributed by atoms with Crippen LogP contribution < -0.4 is 0 Å². The lowest BCUT2D eigenvalue weighted by molar-refractivity contribution is -0.152. The van der Waals surface area contributed by atoms with Crippen molar-refractivity contribution in [2.75, 3.05) is 37.8 Å². The number of piperazine rings is 1. The van der Waals surface area contributed by atoms with Gasteiger partial charge in [0.2, 0.25) is 0 Å². The van der Waals surface area contributed by atoms with Crippen LogP contribution in [-0.4, -0.2) is 82.4 Å². The summed E-state index contributed by atoms with van der Waals surface area (Å²) >= 11 is 3.61. The summed E-state index contributed by atoms with van der Waals surface area (Å²) < 4.78 is 10.4. The van der Waals surface area contributed by atoms with Crippen LogP contribution in [0.25, 0.3) is 0 Å². The van der Waals surface area contributed by atoms with E-state index in [0.717, 1.165) is 24.6 Å². The molecule has 0 bridgehead atoms. The Balaban J connectivity index is 1.67. The first kappa shape index (κ1) is 16.4. The normalized spacial score (nSPS) is 35.0. The molecular weight excluding hydrogens is 324 g/mol. The van der Waals surface area contributed by atoms with Crippen LogP contribution in [0.15, 0.2) is 0 Å². The van der Waals surface area contributed by atoms with Crippen molar-refractivity contribution < 1.29 is 19.1 Å². The summed E-state index contributed by atoms with van der Waals surface area (Å²) in [6, 6.07) is -0.279. The number of hydrogen-bond donors (Lipinski definition) is 0. The Labute approximate surface area is 139 Å². The Kier molecular flexibility index (Phi) is 5.21. The van der Waals surface area contributed by atoms with Crippen LogP contribution in [0.2, 0.25) is 0 Å². The van der Waals surface area contributed by atoms with Crippen molar-refractivity contribution in [1.29, 1.82) is 0 Å². The summed E-state index contributed by atoms with van der Waals surface area (Å²) in [6.07, 6.45) is 0. The fourth-order valence-corrected chi connectivity index (χ4v) is 6.71. The van der Waals surface area contributed by atoms with Crippen molar-refractivity contribution in [3.05, 3.63) is 0 Å². The number of fused-ring (bicyclic) bond motifs is 3. The molecule has 0 aromatic rings. The van der Waals surface area contributed by atoms with Gasteiger partial charge in [-0.15, -0.1) is 23.5 Å². The van der Waals surface area contributed by atoms with Gasteiger partial charge in [0.15, 0.2) is 0 Å². The van der Waals surface area contributed by atoms with E-state index in [1.807, 2.05) is 13.8 Å². The highest BCUT2D eigenvalue weighted by Crippen LogP contribution is 2.44. The zero-order chi connectivity index (χ0) is 15.7. The molecule has 0 spiro atoms. The van der Waals surface area contributed by atoms with Gasteiger partial charge in [0.05, 0.1) is 24.0 Å². The summed E-state index contributed by atoms with van der Waals surface area (Å²) in [5.41, 5.74) is 0. The predicted octanol–water partition coefficient (Wildman–Crippen LogP) is 0.613. The lowest BCUT2D eigenvalue weighted by Crippen LogP contribution is -2.59. The van der Waals surface area contributed by atoms with Crippen LogP contribution in [0.1, 0.15) is 13.8 Å². The van der Waals surface area contributed by atoms with Gasteiger partial charge in [0.25, 0.3) is 0 Å². The van der Waals surface area contributed by atoms with Crippen molar-refractivity contribution in [1.82, 2.24) is 9.80 Å². The van der Waals surface area contributed by atoms with Crippen molar-refractivity contribution >= 4 is 35.5 Å². The molecular formula is C14H22N2O4S2. The molecule has 0 radical (unpaired) electrons. The molecule has 3 aliphatic rings. The van der Waals surface area contributed by atoms with Crippen LogP contribution in [0, 0.1) is 0 Å². The molecule has 0 saturated carbocycles. The lowest BCUT2D eigenvalue weighted by atomic mass is 10.2. The first-order valence-corrected chi connectivity index (χ1v) is 9.85. The number of rotatable bonds is 4. The highest BCUT2D eigenvalue weighted by molar-refractivity contribution is 8.04. The van der Waals surface area contributed by atoms with E-state index in [0.29, 0.717) is 13.2 Å². The number of carbonyl (C=O) groups excluding carboxylic acids is 2. The van der Waals surface area contributed by atoms with Crippen molar-refractivity contribution in [3.8, 4) is 0 Å². The second-order valence-corrected chi connectivity index (χ2v) is 7.76. The van der Waals surface area contributed by atoms with Gasteiger partial charge in [-0.2, -0.15) is 0 Å². The van der Waals surface area contributed by atoms with Crippen LogP contribution in [0.3, 0.4) is 0 Å². The topological polar surface area (TPSA) is 59.1 Å². The average molecular weight is 346 g/mol. The maximum atomic E-state index is 12.1. The van der Waals surface area contributed by atoms with Crippen LogP contribution in [0.4, 0.5) is 0 Å². The van der Waals surface area contributed by atoms with E-state index < -0.39 is 0 Å². The Morgan fingerprint density at radius 1 is 0.909 bits per heavy atom. The molecule has 3 rings (SSSR count). The molecule has 22 heavy (non-hydrogen) atoms. The third-order valence-electron chi connectivity index (χ3n) is 4.28. The Morgan fingerprint density at radius 3 is 1.68 bits per heavy atom. The van der Waals surface area contributed by atoms with Crippen LogP contribution in [0.5, 0.6) is 0 Å². The summed E-state index contributed by atoms with van der Waals surface area (Å²) in [5, 5.41) is 0.514. The summed E-state index contributed by atoms with van der Waals surface area (Å²) in [6.45, 7) is 6.13. The zero-order valence-corrected chi connectivity index (χ0v) is 14.5. The van der Waals surface area contributed by atoms with Gasteiger partial charge in [0, 0.05) is 24.6 Å². The largest absolute Gasteiger partial charge is 0.465 e. The molecule has 0 aromatic heterocycles. The summed E-state index contributed by atoms with van der Waals surface area (Å²) in [7, 11) is 0. The smallest absolute Gasteiger partial charge is 0.324 e. The Hall–Kier alpha value is -0.440.